The molecule has 5 aromatic rings. The number of hydrogen-bond acceptors (Lipinski definition) is 5. The number of nitrogens with zero attached hydrogens (tertiary/aromatic N) is 4. The summed E-state index contributed by atoms with van der Waals surface area (Å²) >= 11 is 5.78. The van der Waals surface area contributed by atoms with Crippen LogP contribution in [-0.2, 0) is 18.7 Å². The maximum atomic E-state index is 14.6. The van der Waals surface area contributed by atoms with Crippen molar-refractivity contribution in [1.29, 1.82) is 0 Å². The van der Waals surface area contributed by atoms with E-state index in [2.05, 4.69) is 24.0 Å². The van der Waals surface area contributed by atoms with Gasteiger partial charge in [0.15, 0.2) is 40.5 Å². The van der Waals surface area contributed by atoms with E-state index >= 15 is 0 Å². The minimum absolute atomic E-state index is 0.0605. The molecule has 0 atom stereocenters. The molecule has 0 aliphatic carbocycles. The first-order chi connectivity index (χ1) is 19.5. The van der Waals surface area contributed by atoms with Crippen LogP contribution in [0.25, 0.3) is 22.2 Å². The Kier molecular flexibility index (Phi) is 7.66. The molecule has 2 aromatic heterocycles. The largest absolute Gasteiger partial charge is 0.497 e. The van der Waals surface area contributed by atoms with Gasteiger partial charge in [-0.05, 0) is 61.7 Å². The molecule has 41 heavy (non-hydrogen) atoms. The Morgan fingerprint density at radius 1 is 1.00 bits per heavy atom. The van der Waals surface area contributed by atoms with Gasteiger partial charge in [0, 0.05) is 34.1 Å². The number of aromatic nitrogens is 4. The average molecular weight is 581 g/mol. The molecule has 0 aliphatic heterocycles. The molecule has 0 saturated carbocycles. The third-order valence-electron chi connectivity index (χ3n) is 6.79. The van der Waals surface area contributed by atoms with Crippen LogP contribution in [0.2, 0.25) is 5.02 Å². The summed E-state index contributed by atoms with van der Waals surface area (Å²) in [5.41, 5.74) is 0.552. The number of fused-ring (bicyclic) bond motifs is 1. The lowest BCUT2D eigenvalue weighted by Crippen LogP contribution is -2.31. The number of rotatable bonds is 9. The molecule has 0 aliphatic rings. The quantitative estimate of drug-likeness (QED) is 0.195. The van der Waals surface area contributed by atoms with Crippen LogP contribution in [0, 0.1) is 17.6 Å². The Hall–Kier alpha value is -4.11. The molecule has 0 radical (unpaired) electrons. The summed E-state index contributed by atoms with van der Waals surface area (Å²) in [6.07, 6.45) is 1.89. The number of hydrogen-bond donors (Lipinski definition) is 1. The molecule has 0 amide bonds. The Labute approximate surface area is 241 Å². The molecule has 2 heterocycles. The van der Waals surface area contributed by atoms with Crippen LogP contribution in [0.5, 0.6) is 17.4 Å². The van der Waals surface area contributed by atoms with Crippen molar-refractivity contribution < 1.29 is 23.4 Å². The fraction of sp³-hybridized carbons (Fsp3) is 0.290. The van der Waals surface area contributed by atoms with Gasteiger partial charge in [-0.3, -0.25) is 0 Å². The summed E-state index contributed by atoms with van der Waals surface area (Å²) < 4.78 is 43.9. The van der Waals surface area contributed by atoms with Gasteiger partial charge in [-0.15, -0.1) is 10.2 Å². The van der Waals surface area contributed by atoms with Crippen molar-refractivity contribution in [1.82, 2.24) is 19.3 Å². The maximum Gasteiger partial charge on any atom is 0.199 e. The standard InChI is InChI=1S/C31H31ClF2N4O3/c1-18(2)15-38-28(35-36-30(38)31(3,4)41-27-25(33)13-22(32)14-26(27)34)20-8-11-24-21(12-20)17-37(29(24)39)16-19-6-9-23(40-5)10-7-19/h6-14,17-18,39H,15-16H2,1-5H3. The Morgan fingerprint density at radius 2 is 1.68 bits per heavy atom. The number of methoxy groups -OCH3 is 1. The topological polar surface area (TPSA) is 74.3 Å². The Bertz CT molecular complexity index is 1690. The van der Waals surface area contributed by atoms with Gasteiger partial charge < -0.3 is 23.7 Å². The van der Waals surface area contributed by atoms with Crippen molar-refractivity contribution >= 4 is 22.4 Å². The predicted octanol–water partition coefficient (Wildman–Crippen LogP) is 7.56. The van der Waals surface area contributed by atoms with Crippen molar-refractivity contribution in [3.63, 3.8) is 0 Å². The van der Waals surface area contributed by atoms with E-state index in [0.717, 1.165) is 34.4 Å². The van der Waals surface area contributed by atoms with E-state index in [1.807, 2.05) is 53.2 Å². The van der Waals surface area contributed by atoms with Crippen LogP contribution in [0.4, 0.5) is 8.78 Å². The molecule has 0 saturated heterocycles. The smallest absolute Gasteiger partial charge is 0.199 e. The van der Waals surface area contributed by atoms with Gasteiger partial charge in [0.05, 0.1) is 13.7 Å². The Balaban J connectivity index is 1.51. The monoisotopic (exact) mass is 580 g/mol. The first-order valence-electron chi connectivity index (χ1n) is 13.2. The maximum absolute atomic E-state index is 14.6. The van der Waals surface area contributed by atoms with Gasteiger partial charge in [0.2, 0.25) is 0 Å². The summed E-state index contributed by atoms with van der Waals surface area (Å²) in [6, 6.07) is 15.3. The van der Waals surface area contributed by atoms with E-state index in [9.17, 15) is 13.9 Å². The second-order valence-corrected chi connectivity index (χ2v) is 11.3. The molecule has 0 unspecified atom stereocenters. The molecule has 1 N–H and O–H groups in total. The fourth-order valence-electron chi connectivity index (χ4n) is 4.87. The third kappa shape index (κ3) is 5.72. The number of benzene rings is 3. The highest BCUT2D eigenvalue weighted by molar-refractivity contribution is 6.30. The molecule has 214 valence electrons. The highest BCUT2D eigenvalue weighted by atomic mass is 35.5. The highest BCUT2D eigenvalue weighted by Gasteiger charge is 2.33. The lowest BCUT2D eigenvalue weighted by molar-refractivity contribution is 0.0818. The van der Waals surface area contributed by atoms with Crippen LogP contribution in [-0.4, -0.2) is 31.5 Å². The summed E-state index contributed by atoms with van der Waals surface area (Å²) in [5.74, 6) is -0.209. The molecule has 0 spiro atoms. The molecule has 0 bridgehead atoms. The fourth-order valence-corrected chi connectivity index (χ4v) is 5.06. The number of halogens is 3. The molecule has 7 nitrogen and oxygen atoms in total. The summed E-state index contributed by atoms with van der Waals surface area (Å²) in [7, 11) is 1.62. The van der Waals surface area contributed by atoms with Gasteiger partial charge in [-0.25, -0.2) is 8.78 Å². The molecule has 5 rings (SSSR count). The molecule has 10 heteroatoms. The summed E-state index contributed by atoms with van der Waals surface area (Å²) in [4.78, 5) is 0. The molecule has 3 aromatic carbocycles. The zero-order valence-electron chi connectivity index (χ0n) is 23.5. The number of ether oxygens (including phenoxy) is 2. The minimum Gasteiger partial charge on any atom is -0.497 e. The van der Waals surface area contributed by atoms with Crippen molar-refractivity contribution in [3.05, 3.63) is 88.8 Å². The second kappa shape index (κ2) is 11.0. The third-order valence-corrected chi connectivity index (χ3v) is 7.01. The van der Waals surface area contributed by atoms with Crippen molar-refractivity contribution in [2.24, 2.45) is 5.92 Å². The van der Waals surface area contributed by atoms with E-state index in [1.54, 1.807) is 25.5 Å². The first-order valence-corrected chi connectivity index (χ1v) is 13.6. The minimum atomic E-state index is -1.24. The van der Waals surface area contributed by atoms with Crippen molar-refractivity contribution in [3.8, 4) is 28.8 Å². The van der Waals surface area contributed by atoms with Crippen molar-refractivity contribution in [2.45, 2.75) is 46.4 Å². The van der Waals surface area contributed by atoms with E-state index < -0.39 is 23.0 Å². The van der Waals surface area contributed by atoms with Gasteiger partial charge >= 0.3 is 0 Å². The molecule has 0 fully saturated rings. The van der Waals surface area contributed by atoms with Crippen LogP contribution >= 0.6 is 11.6 Å². The second-order valence-electron chi connectivity index (χ2n) is 10.9. The van der Waals surface area contributed by atoms with E-state index in [1.165, 1.54) is 0 Å². The van der Waals surface area contributed by atoms with Gasteiger partial charge in [0.1, 0.15) is 5.75 Å². The highest BCUT2D eigenvalue weighted by Crippen LogP contribution is 2.36. The SMILES string of the molecule is COc1ccc(Cn2cc3cc(-c4nnc(C(C)(C)Oc5c(F)cc(Cl)cc5F)n4CC(C)C)ccc3c2O)cc1. The zero-order valence-corrected chi connectivity index (χ0v) is 24.2. The van der Waals surface area contributed by atoms with Crippen LogP contribution < -0.4 is 9.47 Å². The molecular formula is C31H31ClF2N4O3. The van der Waals surface area contributed by atoms with Crippen molar-refractivity contribution in [2.75, 3.05) is 7.11 Å². The van der Waals surface area contributed by atoms with E-state index in [0.29, 0.717) is 30.1 Å². The van der Waals surface area contributed by atoms with Crippen LogP contribution in [0.3, 0.4) is 0 Å². The first kappa shape index (κ1) is 28.4. The van der Waals surface area contributed by atoms with Crippen LogP contribution in [0.1, 0.15) is 39.1 Å². The summed E-state index contributed by atoms with van der Waals surface area (Å²) in [6.45, 7) is 8.51. The Morgan fingerprint density at radius 3 is 2.32 bits per heavy atom. The van der Waals surface area contributed by atoms with E-state index in [4.69, 9.17) is 21.1 Å². The number of aromatic hydroxyl groups is 1. The average Bonchev–Trinajstić information content (AvgIpc) is 3.47. The zero-order chi connectivity index (χ0) is 29.5. The van der Waals surface area contributed by atoms with Crippen LogP contribution in [0.15, 0.2) is 60.8 Å². The molecular weight excluding hydrogens is 550 g/mol. The van der Waals surface area contributed by atoms with Gasteiger partial charge in [-0.2, -0.15) is 0 Å². The normalized spacial score (nSPS) is 11.9. The lowest BCUT2D eigenvalue weighted by atomic mass is 10.1. The lowest BCUT2D eigenvalue weighted by Gasteiger charge is -2.27. The summed E-state index contributed by atoms with van der Waals surface area (Å²) in [5, 5.41) is 21.3. The predicted molar refractivity (Wildman–Crippen MR) is 155 cm³/mol. The van der Waals surface area contributed by atoms with Gasteiger partial charge in [0.25, 0.3) is 0 Å². The van der Waals surface area contributed by atoms with E-state index in [-0.39, 0.29) is 16.8 Å². The van der Waals surface area contributed by atoms with Gasteiger partial charge in [-0.1, -0.05) is 43.6 Å².